The number of nitrogens with one attached hydrogen (secondary N) is 1. The maximum absolute atomic E-state index is 11.9. The fraction of sp³-hybridized carbons (Fsp3) is 0.286. The van der Waals surface area contributed by atoms with Crippen molar-refractivity contribution in [2.24, 2.45) is 5.92 Å². The molecule has 1 atom stereocenters. The fourth-order valence-electron chi connectivity index (χ4n) is 1.53. The van der Waals surface area contributed by atoms with Gasteiger partial charge in [0, 0.05) is 5.56 Å². The number of esters is 1. The number of thiocarbonyl (C=S) groups is 1. The van der Waals surface area contributed by atoms with Crippen molar-refractivity contribution in [1.82, 2.24) is 5.32 Å². The van der Waals surface area contributed by atoms with Crippen LogP contribution >= 0.6 is 12.2 Å². The van der Waals surface area contributed by atoms with E-state index in [-0.39, 0.29) is 11.6 Å². The predicted octanol–water partition coefficient (Wildman–Crippen LogP) is 1.51. The van der Waals surface area contributed by atoms with Gasteiger partial charge in [-0.15, -0.1) is 0 Å². The third kappa shape index (κ3) is 4.24. The first-order chi connectivity index (χ1) is 9.47. The van der Waals surface area contributed by atoms with Gasteiger partial charge in [-0.1, -0.05) is 30.4 Å². The van der Waals surface area contributed by atoms with E-state index in [1.54, 1.807) is 37.3 Å². The second kappa shape index (κ2) is 7.49. The van der Waals surface area contributed by atoms with E-state index in [1.165, 1.54) is 6.92 Å². The lowest BCUT2D eigenvalue weighted by Gasteiger charge is -2.14. The van der Waals surface area contributed by atoms with Crippen LogP contribution in [0.3, 0.4) is 0 Å². The van der Waals surface area contributed by atoms with Crippen LogP contribution in [0.2, 0.25) is 0 Å². The zero-order chi connectivity index (χ0) is 15.1. The summed E-state index contributed by atoms with van der Waals surface area (Å²) < 4.78 is 4.78. The standard InChI is InChI=1S/C14H15NO4S/c1-3-19-14(18)11(9(2)16)13(20)15-12(17)10-7-5-4-6-8-10/h4-8,11H,3H2,1-2H3,(H,15,17,20). The highest BCUT2D eigenvalue weighted by Gasteiger charge is 2.30. The molecule has 0 heterocycles. The molecule has 1 amide bonds. The first-order valence-corrected chi connectivity index (χ1v) is 6.45. The second-order valence-corrected chi connectivity index (χ2v) is 4.42. The third-order valence-corrected chi connectivity index (χ3v) is 2.80. The lowest BCUT2D eigenvalue weighted by molar-refractivity contribution is -0.148. The summed E-state index contributed by atoms with van der Waals surface area (Å²) in [4.78, 5) is 34.9. The average Bonchev–Trinajstić information content (AvgIpc) is 2.39. The molecule has 0 saturated carbocycles. The van der Waals surface area contributed by atoms with Gasteiger partial charge in [-0.3, -0.25) is 14.4 Å². The lowest BCUT2D eigenvalue weighted by atomic mass is 10.1. The number of ketones is 1. The molecule has 0 spiro atoms. The predicted molar refractivity (Wildman–Crippen MR) is 77.3 cm³/mol. The van der Waals surface area contributed by atoms with E-state index in [0.29, 0.717) is 5.56 Å². The van der Waals surface area contributed by atoms with Gasteiger partial charge >= 0.3 is 5.97 Å². The van der Waals surface area contributed by atoms with Gasteiger partial charge in [-0.2, -0.15) is 0 Å². The number of rotatable bonds is 5. The Balaban J connectivity index is 2.79. The molecule has 0 fully saturated rings. The molecule has 0 radical (unpaired) electrons. The molecule has 5 nitrogen and oxygen atoms in total. The van der Waals surface area contributed by atoms with Crippen LogP contribution < -0.4 is 5.32 Å². The normalized spacial score (nSPS) is 11.3. The monoisotopic (exact) mass is 293 g/mol. The Labute approximate surface area is 122 Å². The van der Waals surface area contributed by atoms with Crippen LogP contribution in [0.1, 0.15) is 24.2 Å². The highest BCUT2D eigenvalue weighted by molar-refractivity contribution is 7.80. The van der Waals surface area contributed by atoms with Crippen LogP contribution in [-0.2, 0) is 14.3 Å². The van der Waals surface area contributed by atoms with Crippen LogP contribution in [-0.4, -0.2) is 29.3 Å². The number of carbonyl (C=O) groups excluding carboxylic acids is 3. The van der Waals surface area contributed by atoms with Gasteiger partial charge in [-0.05, 0) is 26.0 Å². The van der Waals surface area contributed by atoms with E-state index >= 15 is 0 Å². The maximum atomic E-state index is 11.9. The number of ether oxygens (including phenoxy) is 1. The topological polar surface area (TPSA) is 72.5 Å². The summed E-state index contributed by atoms with van der Waals surface area (Å²) in [6, 6.07) is 8.37. The van der Waals surface area contributed by atoms with Crippen LogP contribution in [0, 0.1) is 5.92 Å². The van der Waals surface area contributed by atoms with E-state index in [0.717, 1.165) is 0 Å². The van der Waals surface area contributed by atoms with Crippen LogP contribution in [0.15, 0.2) is 30.3 Å². The van der Waals surface area contributed by atoms with E-state index in [1.807, 2.05) is 0 Å². The first-order valence-electron chi connectivity index (χ1n) is 6.04. The van der Waals surface area contributed by atoms with Crippen molar-refractivity contribution in [1.29, 1.82) is 0 Å². The summed E-state index contributed by atoms with van der Waals surface area (Å²) >= 11 is 4.96. The third-order valence-electron chi connectivity index (χ3n) is 2.46. The molecular weight excluding hydrogens is 278 g/mol. The zero-order valence-electron chi connectivity index (χ0n) is 11.2. The minimum atomic E-state index is -1.25. The molecule has 20 heavy (non-hydrogen) atoms. The SMILES string of the molecule is CCOC(=O)C(C(C)=O)C(=S)NC(=O)c1ccccc1. The Morgan fingerprint density at radius 3 is 2.35 bits per heavy atom. The minimum Gasteiger partial charge on any atom is -0.465 e. The molecule has 0 bridgehead atoms. The van der Waals surface area contributed by atoms with Crippen molar-refractivity contribution in [3.63, 3.8) is 0 Å². The Morgan fingerprint density at radius 2 is 1.85 bits per heavy atom. The van der Waals surface area contributed by atoms with Crippen molar-refractivity contribution >= 4 is 34.9 Å². The fourth-order valence-corrected chi connectivity index (χ4v) is 1.88. The maximum Gasteiger partial charge on any atom is 0.323 e. The van der Waals surface area contributed by atoms with Gasteiger partial charge in [0.15, 0.2) is 11.7 Å². The average molecular weight is 293 g/mol. The number of benzene rings is 1. The molecule has 1 N–H and O–H groups in total. The molecule has 1 aromatic rings. The molecule has 0 aliphatic carbocycles. The summed E-state index contributed by atoms with van der Waals surface area (Å²) in [5, 5.41) is 2.39. The Kier molecular flexibility index (Phi) is 5.99. The highest BCUT2D eigenvalue weighted by atomic mass is 32.1. The molecule has 0 aromatic heterocycles. The smallest absolute Gasteiger partial charge is 0.323 e. The Bertz CT molecular complexity index is 527. The van der Waals surface area contributed by atoms with Crippen molar-refractivity contribution in [3.05, 3.63) is 35.9 Å². The largest absolute Gasteiger partial charge is 0.465 e. The summed E-state index contributed by atoms with van der Waals surface area (Å²) in [7, 11) is 0. The number of hydrogen-bond donors (Lipinski definition) is 1. The number of Topliss-reactive ketones (excluding diaryl/α,β-unsaturated/α-hetero) is 1. The Morgan fingerprint density at radius 1 is 1.25 bits per heavy atom. The molecular formula is C14H15NO4S. The molecule has 0 aliphatic rings. The van der Waals surface area contributed by atoms with E-state index < -0.39 is 23.6 Å². The zero-order valence-corrected chi connectivity index (χ0v) is 12.0. The minimum absolute atomic E-state index is 0.137. The van der Waals surface area contributed by atoms with E-state index in [2.05, 4.69) is 5.32 Å². The highest BCUT2D eigenvalue weighted by Crippen LogP contribution is 2.06. The molecule has 6 heteroatoms. The number of carbonyl (C=O) groups is 3. The van der Waals surface area contributed by atoms with Crippen molar-refractivity contribution in [2.75, 3.05) is 6.61 Å². The summed E-state index contributed by atoms with van der Waals surface area (Å²) in [6.45, 7) is 2.99. The van der Waals surface area contributed by atoms with Crippen LogP contribution in [0.4, 0.5) is 0 Å². The molecule has 0 aliphatic heterocycles. The number of hydrogen-bond acceptors (Lipinski definition) is 5. The van der Waals surface area contributed by atoms with Crippen LogP contribution in [0.5, 0.6) is 0 Å². The molecule has 106 valence electrons. The van der Waals surface area contributed by atoms with Gasteiger partial charge in [0.05, 0.1) is 6.61 Å². The van der Waals surface area contributed by atoms with Crippen molar-refractivity contribution in [2.45, 2.75) is 13.8 Å². The summed E-state index contributed by atoms with van der Waals surface area (Å²) in [6.07, 6.45) is 0. The second-order valence-electron chi connectivity index (χ2n) is 3.98. The molecule has 1 unspecified atom stereocenters. The molecule has 0 saturated heterocycles. The lowest BCUT2D eigenvalue weighted by Crippen LogP contribution is -2.41. The Hall–Kier alpha value is -2.08. The van der Waals surface area contributed by atoms with Gasteiger partial charge in [-0.25, -0.2) is 0 Å². The van der Waals surface area contributed by atoms with Gasteiger partial charge in [0.25, 0.3) is 5.91 Å². The molecule has 1 aromatic carbocycles. The quantitative estimate of drug-likeness (QED) is 0.506. The van der Waals surface area contributed by atoms with Crippen LogP contribution in [0.25, 0.3) is 0 Å². The van der Waals surface area contributed by atoms with Crippen molar-refractivity contribution < 1.29 is 19.1 Å². The summed E-state index contributed by atoms with van der Waals surface area (Å²) in [5.41, 5.74) is 0.390. The van der Waals surface area contributed by atoms with Gasteiger partial charge < -0.3 is 10.1 Å². The van der Waals surface area contributed by atoms with E-state index in [9.17, 15) is 14.4 Å². The number of amides is 1. The van der Waals surface area contributed by atoms with Crippen molar-refractivity contribution in [3.8, 4) is 0 Å². The van der Waals surface area contributed by atoms with E-state index in [4.69, 9.17) is 17.0 Å². The summed E-state index contributed by atoms with van der Waals surface area (Å²) in [5.74, 6) is -2.94. The first kappa shape index (κ1) is 16.0. The van der Waals surface area contributed by atoms with Gasteiger partial charge in [0.1, 0.15) is 4.99 Å². The molecule has 1 rings (SSSR count). The van der Waals surface area contributed by atoms with Gasteiger partial charge in [0.2, 0.25) is 0 Å².